The fraction of sp³-hybridized carbons (Fsp3) is 0.333. The molecule has 5 nitrogen and oxygen atoms in total. The van der Waals surface area contributed by atoms with Gasteiger partial charge in [-0.05, 0) is 17.5 Å². The molecular formula is C15H17ClN4OS. The van der Waals surface area contributed by atoms with Gasteiger partial charge in [-0.15, -0.1) is 11.3 Å². The quantitative estimate of drug-likeness (QED) is 0.930. The first-order chi connectivity index (χ1) is 10.6. The van der Waals surface area contributed by atoms with Gasteiger partial charge in [-0.25, -0.2) is 4.98 Å². The lowest BCUT2D eigenvalue weighted by molar-refractivity contribution is 0.1000. The molecule has 0 spiro atoms. The number of primary amides is 1. The average Bonchev–Trinajstić information content (AvgIpc) is 3.01. The van der Waals surface area contributed by atoms with E-state index in [-0.39, 0.29) is 0 Å². The molecule has 0 saturated carbocycles. The summed E-state index contributed by atoms with van der Waals surface area (Å²) in [5.41, 5.74) is 5.57. The van der Waals surface area contributed by atoms with Crippen LogP contribution in [0.1, 0.15) is 15.2 Å². The Morgan fingerprint density at radius 1 is 1.36 bits per heavy atom. The van der Waals surface area contributed by atoms with Crippen molar-refractivity contribution < 1.29 is 4.79 Å². The Bertz CT molecular complexity index is 654. The molecule has 0 bridgehead atoms. The zero-order valence-electron chi connectivity index (χ0n) is 12.0. The number of pyridine rings is 1. The van der Waals surface area contributed by atoms with Crippen LogP contribution in [-0.2, 0) is 6.54 Å². The van der Waals surface area contributed by atoms with E-state index >= 15 is 0 Å². The first-order valence-electron chi connectivity index (χ1n) is 7.08. The lowest BCUT2D eigenvalue weighted by atomic mass is 10.2. The highest BCUT2D eigenvalue weighted by atomic mass is 35.5. The van der Waals surface area contributed by atoms with Crippen LogP contribution in [0.5, 0.6) is 0 Å². The number of hydrogen-bond acceptors (Lipinski definition) is 5. The van der Waals surface area contributed by atoms with E-state index in [1.165, 1.54) is 11.1 Å². The maximum atomic E-state index is 11.1. The third-order valence-electron chi connectivity index (χ3n) is 3.74. The van der Waals surface area contributed by atoms with E-state index in [0.717, 1.165) is 38.5 Å². The van der Waals surface area contributed by atoms with Crippen molar-refractivity contribution in [3.05, 3.63) is 45.2 Å². The Balaban J connectivity index is 1.62. The summed E-state index contributed by atoms with van der Waals surface area (Å²) in [5.74, 6) is 0.212. The largest absolute Gasteiger partial charge is 0.366 e. The van der Waals surface area contributed by atoms with Crippen LogP contribution in [0, 0.1) is 0 Å². The van der Waals surface area contributed by atoms with Crippen LogP contribution in [0.3, 0.4) is 0 Å². The van der Waals surface area contributed by atoms with Crippen LogP contribution < -0.4 is 10.6 Å². The second-order valence-corrected chi connectivity index (χ2v) is 6.68. The highest BCUT2D eigenvalue weighted by Crippen LogP contribution is 2.25. The van der Waals surface area contributed by atoms with Gasteiger partial charge in [0, 0.05) is 43.8 Å². The zero-order chi connectivity index (χ0) is 15.5. The fourth-order valence-electron chi connectivity index (χ4n) is 2.54. The van der Waals surface area contributed by atoms with Crippen molar-refractivity contribution in [3.8, 4) is 0 Å². The SMILES string of the molecule is NC(=O)c1cnc(N2CCN(Cc3cccs3)CC2)c(Cl)c1. The van der Waals surface area contributed by atoms with E-state index in [1.54, 1.807) is 17.4 Å². The molecule has 3 rings (SSSR count). The molecule has 0 atom stereocenters. The average molecular weight is 337 g/mol. The molecule has 2 N–H and O–H groups in total. The molecule has 0 aromatic carbocycles. The first-order valence-corrected chi connectivity index (χ1v) is 8.34. The molecule has 2 aromatic heterocycles. The van der Waals surface area contributed by atoms with Crippen LogP contribution in [-0.4, -0.2) is 42.0 Å². The number of anilines is 1. The monoisotopic (exact) mass is 336 g/mol. The minimum atomic E-state index is -0.512. The van der Waals surface area contributed by atoms with Gasteiger partial charge in [-0.2, -0.15) is 0 Å². The van der Waals surface area contributed by atoms with E-state index < -0.39 is 5.91 Å². The predicted octanol–water partition coefficient (Wildman–Crippen LogP) is 2.22. The van der Waals surface area contributed by atoms with Crippen molar-refractivity contribution >= 4 is 34.7 Å². The van der Waals surface area contributed by atoms with E-state index in [9.17, 15) is 4.79 Å². The van der Waals surface area contributed by atoms with Crippen LogP contribution in [0.4, 0.5) is 5.82 Å². The lowest BCUT2D eigenvalue weighted by Crippen LogP contribution is -2.46. The molecule has 0 unspecified atom stereocenters. The molecule has 1 aliphatic rings. The number of halogens is 1. The Morgan fingerprint density at radius 3 is 2.73 bits per heavy atom. The number of nitrogens with zero attached hydrogens (tertiary/aromatic N) is 3. The minimum Gasteiger partial charge on any atom is -0.366 e. The van der Waals surface area contributed by atoms with Gasteiger partial charge in [0.05, 0.1) is 10.6 Å². The summed E-state index contributed by atoms with van der Waals surface area (Å²) in [4.78, 5) is 21.4. The van der Waals surface area contributed by atoms with Gasteiger partial charge < -0.3 is 10.6 Å². The number of aromatic nitrogens is 1. The van der Waals surface area contributed by atoms with Crippen molar-refractivity contribution in [3.63, 3.8) is 0 Å². The van der Waals surface area contributed by atoms with Gasteiger partial charge in [0.25, 0.3) is 0 Å². The maximum Gasteiger partial charge on any atom is 0.250 e. The lowest BCUT2D eigenvalue weighted by Gasteiger charge is -2.35. The summed E-state index contributed by atoms with van der Waals surface area (Å²) in [5, 5.41) is 2.58. The van der Waals surface area contributed by atoms with E-state index in [1.807, 2.05) is 0 Å². The number of nitrogens with two attached hydrogens (primary N) is 1. The molecule has 0 radical (unpaired) electrons. The highest BCUT2D eigenvalue weighted by Gasteiger charge is 2.20. The minimum absolute atomic E-state index is 0.338. The van der Waals surface area contributed by atoms with Crippen molar-refractivity contribution in [2.75, 3.05) is 31.1 Å². The number of amides is 1. The van der Waals surface area contributed by atoms with Gasteiger partial charge in [0.1, 0.15) is 5.82 Å². The fourth-order valence-corrected chi connectivity index (χ4v) is 3.57. The third-order valence-corrected chi connectivity index (χ3v) is 4.88. The number of rotatable bonds is 4. The Kier molecular flexibility index (Phi) is 4.61. The van der Waals surface area contributed by atoms with E-state index in [0.29, 0.717) is 10.6 Å². The van der Waals surface area contributed by atoms with Gasteiger partial charge in [-0.3, -0.25) is 9.69 Å². The molecule has 1 saturated heterocycles. The summed E-state index contributed by atoms with van der Waals surface area (Å²) in [7, 11) is 0. The highest BCUT2D eigenvalue weighted by molar-refractivity contribution is 7.09. The smallest absolute Gasteiger partial charge is 0.250 e. The first kappa shape index (κ1) is 15.3. The molecule has 7 heteroatoms. The van der Waals surface area contributed by atoms with Gasteiger partial charge in [0.2, 0.25) is 5.91 Å². The van der Waals surface area contributed by atoms with E-state index in [4.69, 9.17) is 17.3 Å². The van der Waals surface area contributed by atoms with Crippen molar-refractivity contribution in [2.24, 2.45) is 5.73 Å². The van der Waals surface area contributed by atoms with Crippen LogP contribution in [0.15, 0.2) is 29.8 Å². The van der Waals surface area contributed by atoms with Crippen molar-refractivity contribution in [1.29, 1.82) is 0 Å². The molecule has 22 heavy (non-hydrogen) atoms. The summed E-state index contributed by atoms with van der Waals surface area (Å²) in [6.45, 7) is 4.66. The summed E-state index contributed by atoms with van der Waals surface area (Å²) in [6.07, 6.45) is 1.49. The summed E-state index contributed by atoms with van der Waals surface area (Å²) < 4.78 is 0. The second kappa shape index (κ2) is 6.64. The van der Waals surface area contributed by atoms with Crippen molar-refractivity contribution in [2.45, 2.75) is 6.54 Å². The summed E-state index contributed by atoms with van der Waals surface area (Å²) in [6, 6.07) is 5.84. The molecule has 1 amide bonds. The zero-order valence-corrected chi connectivity index (χ0v) is 13.6. The van der Waals surface area contributed by atoms with Crippen molar-refractivity contribution in [1.82, 2.24) is 9.88 Å². The van der Waals surface area contributed by atoms with Crippen LogP contribution in [0.25, 0.3) is 0 Å². The standard InChI is InChI=1S/C15H17ClN4OS/c16-13-8-11(14(17)21)9-18-15(13)20-5-3-19(4-6-20)10-12-2-1-7-22-12/h1-2,7-9H,3-6,10H2,(H2,17,21). The number of hydrogen-bond donors (Lipinski definition) is 1. The molecular weight excluding hydrogens is 320 g/mol. The number of thiophene rings is 1. The second-order valence-electron chi connectivity index (χ2n) is 5.24. The number of carbonyl (C=O) groups is 1. The van der Waals surface area contributed by atoms with Gasteiger partial charge in [0.15, 0.2) is 0 Å². The molecule has 0 aliphatic carbocycles. The topological polar surface area (TPSA) is 62.5 Å². The van der Waals surface area contributed by atoms with Gasteiger partial charge in [-0.1, -0.05) is 17.7 Å². The molecule has 116 valence electrons. The van der Waals surface area contributed by atoms with Crippen LogP contribution >= 0.6 is 22.9 Å². The molecule has 1 fully saturated rings. The van der Waals surface area contributed by atoms with E-state index in [2.05, 4.69) is 32.3 Å². The van der Waals surface area contributed by atoms with Crippen LogP contribution in [0.2, 0.25) is 5.02 Å². The third kappa shape index (κ3) is 3.40. The molecule has 3 heterocycles. The maximum absolute atomic E-state index is 11.1. The number of piperazine rings is 1. The van der Waals surface area contributed by atoms with Gasteiger partial charge >= 0.3 is 0 Å². The molecule has 2 aromatic rings. The summed E-state index contributed by atoms with van der Waals surface area (Å²) >= 11 is 8.02. The Labute approximate surface area is 138 Å². The normalized spacial score (nSPS) is 16.0. The number of carbonyl (C=O) groups excluding carboxylic acids is 1. The Morgan fingerprint density at radius 2 is 2.14 bits per heavy atom. The predicted molar refractivity (Wildman–Crippen MR) is 89.6 cm³/mol. The Hall–Kier alpha value is -1.63. The molecule has 1 aliphatic heterocycles.